The number of carbonyl (C=O) groups is 1. The van der Waals surface area contributed by atoms with Gasteiger partial charge < -0.3 is 15.2 Å². The minimum absolute atomic E-state index is 0.0364. The molecule has 2 atom stereocenters. The van der Waals surface area contributed by atoms with Crippen molar-refractivity contribution >= 4 is 5.91 Å². The van der Waals surface area contributed by atoms with E-state index in [0.717, 1.165) is 31.5 Å². The number of aromatic nitrogens is 3. The molecule has 7 heteroatoms. The maximum absolute atomic E-state index is 12.3. The minimum Gasteiger partial charge on any atom is -0.344 e. The van der Waals surface area contributed by atoms with E-state index in [9.17, 15) is 4.79 Å². The molecule has 0 aliphatic carbocycles. The van der Waals surface area contributed by atoms with Crippen LogP contribution in [0, 0.1) is 11.8 Å². The van der Waals surface area contributed by atoms with E-state index in [0.29, 0.717) is 24.1 Å². The SMILES string of the molecule is CC(C)C(NC(=O)CCC1CCNC1)c1nc(-c2ccncc2)no1. The number of hydrogen-bond acceptors (Lipinski definition) is 6. The van der Waals surface area contributed by atoms with Crippen LogP contribution in [0.15, 0.2) is 29.0 Å². The van der Waals surface area contributed by atoms with Crippen LogP contribution in [0.4, 0.5) is 0 Å². The van der Waals surface area contributed by atoms with Gasteiger partial charge in [0.25, 0.3) is 0 Å². The molecule has 2 unspecified atom stereocenters. The van der Waals surface area contributed by atoms with Crippen LogP contribution < -0.4 is 10.6 Å². The van der Waals surface area contributed by atoms with Gasteiger partial charge in [0, 0.05) is 24.4 Å². The molecule has 0 saturated carbocycles. The van der Waals surface area contributed by atoms with E-state index in [1.165, 1.54) is 0 Å². The van der Waals surface area contributed by atoms with Crippen molar-refractivity contribution in [1.82, 2.24) is 25.8 Å². The summed E-state index contributed by atoms with van der Waals surface area (Å²) in [6, 6.07) is 3.37. The zero-order valence-corrected chi connectivity index (χ0v) is 14.7. The lowest BCUT2D eigenvalue weighted by Crippen LogP contribution is -2.32. The summed E-state index contributed by atoms with van der Waals surface area (Å²) in [7, 11) is 0. The van der Waals surface area contributed by atoms with Gasteiger partial charge in [0.1, 0.15) is 6.04 Å². The molecular weight excluding hydrogens is 318 g/mol. The molecule has 2 N–H and O–H groups in total. The average molecular weight is 343 g/mol. The predicted octanol–water partition coefficient (Wildman–Crippen LogP) is 2.33. The molecule has 134 valence electrons. The maximum atomic E-state index is 12.3. The van der Waals surface area contributed by atoms with Gasteiger partial charge in [-0.2, -0.15) is 4.98 Å². The summed E-state index contributed by atoms with van der Waals surface area (Å²) in [5.74, 6) is 1.74. The number of pyridine rings is 1. The average Bonchev–Trinajstić information content (AvgIpc) is 3.30. The van der Waals surface area contributed by atoms with E-state index in [1.54, 1.807) is 12.4 Å². The van der Waals surface area contributed by atoms with E-state index in [-0.39, 0.29) is 17.9 Å². The van der Waals surface area contributed by atoms with Crippen molar-refractivity contribution in [2.24, 2.45) is 11.8 Å². The number of carbonyl (C=O) groups excluding carboxylic acids is 1. The molecule has 1 saturated heterocycles. The van der Waals surface area contributed by atoms with Crippen LogP contribution in [0.5, 0.6) is 0 Å². The number of amides is 1. The van der Waals surface area contributed by atoms with Crippen LogP contribution in [0.1, 0.15) is 45.0 Å². The van der Waals surface area contributed by atoms with Gasteiger partial charge in [-0.05, 0) is 49.9 Å². The molecule has 0 radical (unpaired) electrons. The number of rotatable bonds is 7. The second-order valence-electron chi connectivity index (χ2n) is 6.88. The van der Waals surface area contributed by atoms with Crippen molar-refractivity contribution in [2.45, 2.75) is 39.2 Å². The number of nitrogens with zero attached hydrogens (tertiary/aromatic N) is 3. The normalized spacial score (nSPS) is 18.4. The molecule has 1 aliphatic rings. The molecule has 3 heterocycles. The fourth-order valence-corrected chi connectivity index (χ4v) is 3.03. The summed E-state index contributed by atoms with van der Waals surface area (Å²) >= 11 is 0. The summed E-state index contributed by atoms with van der Waals surface area (Å²) in [5.41, 5.74) is 0.840. The third kappa shape index (κ3) is 4.63. The maximum Gasteiger partial charge on any atom is 0.249 e. The molecule has 3 rings (SSSR count). The molecule has 2 aromatic heterocycles. The zero-order valence-electron chi connectivity index (χ0n) is 14.7. The van der Waals surface area contributed by atoms with Gasteiger partial charge in [0.05, 0.1) is 0 Å². The van der Waals surface area contributed by atoms with E-state index in [1.807, 2.05) is 26.0 Å². The first-order valence-electron chi connectivity index (χ1n) is 8.87. The highest BCUT2D eigenvalue weighted by Crippen LogP contribution is 2.24. The largest absolute Gasteiger partial charge is 0.344 e. The number of nitrogens with one attached hydrogen (secondary N) is 2. The standard InChI is InChI=1S/C18H25N5O2/c1-12(2)16(21-15(24)4-3-13-5-8-20-11-13)18-22-17(23-25-18)14-6-9-19-10-7-14/h6-7,9-10,12-13,16,20H,3-5,8,11H2,1-2H3,(H,21,24). The molecule has 0 bridgehead atoms. The lowest BCUT2D eigenvalue weighted by Gasteiger charge is -2.19. The highest BCUT2D eigenvalue weighted by Gasteiger charge is 2.25. The van der Waals surface area contributed by atoms with Crippen molar-refractivity contribution in [3.63, 3.8) is 0 Å². The van der Waals surface area contributed by atoms with Crippen LogP contribution in [-0.2, 0) is 4.79 Å². The minimum atomic E-state index is -0.280. The Morgan fingerprint density at radius 1 is 1.40 bits per heavy atom. The van der Waals surface area contributed by atoms with Gasteiger partial charge in [-0.15, -0.1) is 0 Å². The first kappa shape index (κ1) is 17.5. The Balaban J connectivity index is 1.62. The third-order valence-electron chi connectivity index (χ3n) is 4.57. The molecule has 1 amide bonds. The lowest BCUT2D eigenvalue weighted by molar-refractivity contribution is -0.122. The monoisotopic (exact) mass is 343 g/mol. The Kier molecular flexibility index (Phi) is 5.75. The Morgan fingerprint density at radius 2 is 2.20 bits per heavy atom. The fourth-order valence-electron chi connectivity index (χ4n) is 3.03. The van der Waals surface area contributed by atoms with E-state index >= 15 is 0 Å². The van der Waals surface area contributed by atoms with Crippen LogP contribution in [0.25, 0.3) is 11.4 Å². The van der Waals surface area contributed by atoms with E-state index < -0.39 is 0 Å². The summed E-state index contributed by atoms with van der Waals surface area (Å²) in [4.78, 5) is 20.8. The van der Waals surface area contributed by atoms with E-state index in [4.69, 9.17) is 4.52 Å². The molecule has 0 aromatic carbocycles. The molecular formula is C18H25N5O2. The molecule has 25 heavy (non-hydrogen) atoms. The quantitative estimate of drug-likeness (QED) is 0.801. The van der Waals surface area contributed by atoms with Crippen LogP contribution in [0.2, 0.25) is 0 Å². The molecule has 1 fully saturated rings. The first-order valence-corrected chi connectivity index (χ1v) is 8.87. The summed E-state index contributed by atoms with van der Waals surface area (Å²) in [6.45, 7) is 6.13. The van der Waals surface area contributed by atoms with Crippen molar-refractivity contribution < 1.29 is 9.32 Å². The summed E-state index contributed by atoms with van der Waals surface area (Å²) in [6.07, 6.45) is 5.96. The molecule has 0 spiro atoms. The smallest absolute Gasteiger partial charge is 0.249 e. The van der Waals surface area contributed by atoms with Gasteiger partial charge in [-0.25, -0.2) is 0 Å². The van der Waals surface area contributed by atoms with Crippen molar-refractivity contribution in [3.8, 4) is 11.4 Å². The molecule has 1 aliphatic heterocycles. The van der Waals surface area contributed by atoms with Crippen molar-refractivity contribution in [2.75, 3.05) is 13.1 Å². The van der Waals surface area contributed by atoms with Gasteiger partial charge in [0.2, 0.25) is 17.6 Å². The number of hydrogen-bond donors (Lipinski definition) is 2. The van der Waals surface area contributed by atoms with Gasteiger partial charge >= 0.3 is 0 Å². The van der Waals surface area contributed by atoms with Gasteiger partial charge in [-0.3, -0.25) is 9.78 Å². The second kappa shape index (κ2) is 8.20. The topological polar surface area (TPSA) is 92.9 Å². The Morgan fingerprint density at radius 3 is 2.88 bits per heavy atom. The van der Waals surface area contributed by atoms with Gasteiger partial charge in [-0.1, -0.05) is 19.0 Å². The Hall–Kier alpha value is -2.28. The van der Waals surface area contributed by atoms with Crippen molar-refractivity contribution in [1.29, 1.82) is 0 Å². The summed E-state index contributed by atoms with van der Waals surface area (Å²) in [5, 5.41) is 10.4. The second-order valence-corrected chi connectivity index (χ2v) is 6.88. The van der Waals surface area contributed by atoms with Gasteiger partial charge in [0.15, 0.2) is 0 Å². The molecule has 2 aromatic rings. The Labute approximate surface area is 147 Å². The van der Waals surface area contributed by atoms with Crippen molar-refractivity contribution in [3.05, 3.63) is 30.4 Å². The van der Waals surface area contributed by atoms with Crippen LogP contribution in [-0.4, -0.2) is 34.1 Å². The summed E-state index contributed by atoms with van der Waals surface area (Å²) < 4.78 is 5.42. The highest BCUT2D eigenvalue weighted by molar-refractivity contribution is 5.76. The van der Waals surface area contributed by atoms with E-state index in [2.05, 4.69) is 25.8 Å². The highest BCUT2D eigenvalue weighted by atomic mass is 16.5. The molecule has 7 nitrogen and oxygen atoms in total. The first-order chi connectivity index (χ1) is 12.1. The fraction of sp³-hybridized carbons (Fsp3) is 0.556. The Bertz CT molecular complexity index is 680. The zero-order chi connectivity index (χ0) is 17.6. The predicted molar refractivity (Wildman–Crippen MR) is 93.5 cm³/mol. The lowest BCUT2D eigenvalue weighted by atomic mass is 10.0. The van der Waals surface area contributed by atoms with Crippen LogP contribution >= 0.6 is 0 Å². The third-order valence-corrected chi connectivity index (χ3v) is 4.57. The van der Waals surface area contributed by atoms with Crippen LogP contribution in [0.3, 0.4) is 0 Å².